The number of benzene rings is 2. The van der Waals surface area contributed by atoms with Crippen molar-refractivity contribution in [3.05, 3.63) is 71.1 Å². The number of rotatable bonds is 9. The van der Waals surface area contributed by atoms with Crippen LogP contribution >= 0.6 is 0 Å². The minimum absolute atomic E-state index is 0.0138. The van der Waals surface area contributed by atoms with E-state index in [9.17, 15) is 4.79 Å². The van der Waals surface area contributed by atoms with Crippen molar-refractivity contribution in [3.63, 3.8) is 0 Å². The van der Waals surface area contributed by atoms with Crippen LogP contribution in [-0.2, 0) is 16.8 Å². The predicted octanol–water partition coefficient (Wildman–Crippen LogP) is 6.28. The highest BCUT2D eigenvalue weighted by Crippen LogP contribution is 2.49. The van der Waals surface area contributed by atoms with E-state index in [0.29, 0.717) is 30.5 Å². The number of hydrogen-bond donors (Lipinski definition) is 0. The fourth-order valence-electron chi connectivity index (χ4n) is 7.79. The summed E-state index contributed by atoms with van der Waals surface area (Å²) >= 11 is 0. The molecular formula is C34H46N4O2. The second kappa shape index (κ2) is 13.2. The lowest BCUT2D eigenvalue weighted by Gasteiger charge is -2.57. The molecule has 6 nitrogen and oxygen atoms in total. The highest BCUT2D eigenvalue weighted by molar-refractivity contribution is 5.77. The molecule has 0 radical (unpaired) electrons. The SMILES string of the molecule is [C-]#[N+]c1ccc(OCCCN2CCC(C3(C4CCCCN4C(=O)CCC)CN(C)Cc4ccccc43)CC2)cc1. The highest BCUT2D eigenvalue weighted by atomic mass is 16.5. The fraction of sp³-hybridized carbons (Fsp3) is 0.588. The first-order valence-electron chi connectivity index (χ1n) is 15.4. The Hall–Kier alpha value is -2.88. The van der Waals surface area contributed by atoms with Gasteiger partial charge in [-0.25, -0.2) is 4.85 Å². The van der Waals surface area contributed by atoms with Gasteiger partial charge in [0.25, 0.3) is 0 Å². The topological polar surface area (TPSA) is 40.4 Å². The van der Waals surface area contributed by atoms with Crippen molar-refractivity contribution < 1.29 is 9.53 Å². The molecule has 2 unspecified atom stereocenters. The predicted molar refractivity (Wildman–Crippen MR) is 161 cm³/mol. The van der Waals surface area contributed by atoms with E-state index in [1.807, 2.05) is 24.3 Å². The van der Waals surface area contributed by atoms with Gasteiger partial charge in [0.15, 0.2) is 5.69 Å². The number of fused-ring (bicyclic) bond motifs is 1. The first-order chi connectivity index (χ1) is 19.5. The van der Waals surface area contributed by atoms with Crippen molar-refractivity contribution in [2.75, 3.05) is 46.4 Å². The zero-order valence-electron chi connectivity index (χ0n) is 24.5. The van der Waals surface area contributed by atoms with Gasteiger partial charge >= 0.3 is 0 Å². The summed E-state index contributed by atoms with van der Waals surface area (Å²) in [5.74, 6) is 1.76. The van der Waals surface area contributed by atoms with Gasteiger partial charge in [0, 0.05) is 44.1 Å². The van der Waals surface area contributed by atoms with E-state index >= 15 is 0 Å². The van der Waals surface area contributed by atoms with Crippen LogP contribution in [0.2, 0.25) is 0 Å². The van der Waals surface area contributed by atoms with Crippen LogP contribution in [0.3, 0.4) is 0 Å². The zero-order chi connectivity index (χ0) is 28.0. The summed E-state index contributed by atoms with van der Waals surface area (Å²) in [5, 5.41) is 0. The van der Waals surface area contributed by atoms with Crippen LogP contribution in [0.1, 0.15) is 69.4 Å². The fourth-order valence-corrected chi connectivity index (χ4v) is 7.79. The Morgan fingerprint density at radius 1 is 1.05 bits per heavy atom. The number of likely N-dealkylation sites (N-methyl/N-ethyl adjacent to an activating group) is 1. The number of amides is 1. The summed E-state index contributed by atoms with van der Waals surface area (Å²) in [6, 6.07) is 16.8. The average Bonchev–Trinajstić information content (AvgIpc) is 2.99. The molecule has 2 atom stereocenters. The van der Waals surface area contributed by atoms with Crippen molar-refractivity contribution in [3.8, 4) is 5.75 Å². The van der Waals surface area contributed by atoms with Gasteiger partial charge in [-0.15, -0.1) is 0 Å². The zero-order valence-corrected chi connectivity index (χ0v) is 24.5. The maximum Gasteiger partial charge on any atom is 0.222 e. The van der Waals surface area contributed by atoms with Gasteiger partial charge in [0.1, 0.15) is 5.75 Å². The first-order valence-corrected chi connectivity index (χ1v) is 15.4. The van der Waals surface area contributed by atoms with E-state index in [-0.39, 0.29) is 11.5 Å². The molecule has 0 bridgehead atoms. The summed E-state index contributed by atoms with van der Waals surface area (Å²) in [6.07, 6.45) is 8.38. The molecule has 3 heterocycles. The molecule has 40 heavy (non-hydrogen) atoms. The Morgan fingerprint density at radius 2 is 1.82 bits per heavy atom. The lowest BCUT2D eigenvalue weighted by Crippen LogP contribution is -2.64. The number of carbonyl (C=O) groups is 1. The molecule has 0 aliphatic carbocycles. The molecule has 214 valence electrons. The molecule has 0 N–H and O–H groups in total. The van der Waals surface area contributed by atoms with Crippen molar-refractivity contribution >= 4 is 11.6 Å². The summed E-state index contributed by atoms with van der Waals surface area (Å²) in [4.78, 5) is 24.4. The van der Waals surface area contributed by atoms with Crippen molar-refractivity contribution in [1.29, 1.82) is 0 Å². The Morgan fingerprint density at radius 3 is 2.58 bits per heavy atom. The Balaban J connectivity index is 1.29. The van der Waals surface area contributed by atoms with Crippen LogP contribution in [0.4, 0.5) is 5.69 Å². The Labute approximate surface area is 241 Å². The molecule has 1 amide bonds. The Kier molecular flexibility index (Phi) is 9.44. The number of piperidine rings is 2. The van der Waals surface area contributed by atoms with E-state index < -0.39 is 0 Å². The van der Waals surface area contributed by atoms with Gasteiger partial charge in [-0.05, 0) is 94.3 Å². The largest absolute Gasteiger partial charge is 0.494 e. The molecular weight excluding hydrogens is 496 g/mol. The van der Waals surface area contributed by atoms with Gasteiger partial charge in [-0.1, -0.05) is 43.3 Å². The smallest absolute Gasteiger partial charge is 0.222 e. The lowest BCUT2D eigenvalue weighted by atomic mass is 9.58. The second-order valence-electron chi connectivity index (χ2n) is 12.1. The van der Waals surface area contributed by atoms with Crippen molar-refractivity contribution in [1.82, 2.24) is 14.7 Å². The van der Waals surface area contributed by atoms with Crippen LogP contribution in [-0.4, -0.2) is 73.0 Å². The minimum Gasteiger partial charge on any atom is -0.494 e. The molecule has 3 aliphatic heterocycles. The van der Waals surface area contributed by atoms with Crippen molar-refractivity contribution in [2.45, 2.75) is 76.3 Å². The molecule has 3 aliphatic rings. The molecule has 5 rings (SSSR count). The maximum atomic E-state index is 13.5. The molecule has 0 spiro atoms. The van der Waals surface area contributed by atoms with E-state index in [1.54, 1.807) is 0 Å². The van der Waals surface area contributed by atoms with E-state index in [4.69, 9.17) is 11.3 Å². The first kappa shape index (κ1) is 28.6. The molecule has 0 aromatic heterocycles. The summed E-state index contributed by atoms with van der Waals surface area (Å²) < 4.78 is 5.94. The molecule has 2 fully saturated rings. The minimum atomic E-state index is -0.0138. The third kappa shape index (κ3) is 6.06. The summed E-state index contributed by atoms with van der Waals surface area (Å²) in [7, 11) is 2.27. The van der Waals surface area contributed by atoms with E-state index in [0.717, 1.165) is 70.7 Å². The van der Waals surface area contributed by atoms with Crippen LogP contribution in [0.25, 0.3) is 4.85 Å². The van der Waals surface area contributed by atoms with Gasteiger partial charge in [-0.3, -0.25) is 4.79 Å². The Bertz CT molecular complexity index is 1170. The van der Waals surface area contributed by atoms with E-state index in [2.05, 4.69) is 57.8 Å². The number of hydrogen-bond acceptors (Lipinski definition) is 4. The average molecular weight is 543 g/mol. The molecule has 2 aromatic rings. The van der Waals surface area contributed by atoms with Gasteiger partial charge < -0.3 is 19.4 Å². The maximum absolute atomic E-state index is 13.5. The summed E-state index contributed by atoms with van der Waals surface area (Å²) in [6.45, 7) is 16.1. The van der Waals surface area contributed by atoms with E-state index in [1.165, 1.54) is 30.4 Å². The number of likely N-dealkylation sites (tertiary alicyclic amines) is 2. The van der Waals surface area contributed by atoms with Crippen LogP contribution < -0.4 is 4.74 Å². The second-order valence-corrected chi connectivity index (χ2v) is 12.1. The van der Waals surface area contributed by atoms with Crippen molar-refractivity contribution in [2.24, 2.45) is 5.92 Å². The molecule has 0 saturated carbocycles. The standard InChI is InChI=1S/C34H46N4O2/c1-4-10-33(39)38-21-8-7-13-32(38)34(26-36(3)25-27-11-5-6-12-31(27)34)28-18-22-37(23-19-28)20-9-24-40-30-16-14-29(35-2)15-17-30/h5-6,11-12,14-17,28,32H,4,7-10,13,18-26H2,1,3H3. The number of ether oxygens (including phenoxy) is 1. The van der Waals surface area contributed by atoms with Crippen LogP contribution in [0.5, 0.6) is 5.75 Å². The van der Waals surface area contributed by atoms with Gasteiger partial charge in [0.05, 0.1) is 13.2 Å². The molecule has 2 saturated heterocycles. The normalized spacial score (nSPS) is 24.3. The van der Waals surface area contributed by atoms with Gasteiger partial charge in [-0.2, -0.15) is 0 Å². The van der Waals surface area contributed by atoms with Crippen LogP contribution in [0, 0.1) is 12.5 Å². The lowest BCUT2D eigenvalue weighted by molar-refractivity contribution is -0.139. The molecule has 2 aromatic carbocycles. The monoisotopic (exact) mass is 542 g/mol. The number of nitrogens with zero attached hydrogens (tertiary/aromatic N) is 4. The van der Waals surface area contributed by atoms with Gasteiger partial charge in [0.2, 0.25) is 5.91 Å². The quantitative estimate of drug-likeness (QED) is 0.276. The third-order valence-corrected chi connectivity index (χ3v) is 9.54. The molecule has 6 heteroatoms. The highest BCUT2D eigenvalue weighted by Gasteiger charge is 2.53. The third-order valence-electron chi connectivity index (χ3n) is 9.54. The number of carbonyl (C=O) groups excluding carboxylic acids is 1. The van der Waals surface area contributed by atoms with Crippen LogP contribution in [0.15, 0.2) is 48.5 Å². The summed E-state index contributed by atoms with van der Waals surface area (Å²) in [5.41, 5.74) is 3.60.